The first kappa shape index (κ1) is 32.0. The number of benzene rings is 2. The number of rotatable bonds is 18. The number of aliphatic hydroxyl groups is 2. The number of carbonyl (C=O) groups excluding carboxylic acids is 3. The lowest BCUT2D eigenvalue weighted by molar-refractivity contribution is -0.171. The van der Waals surface area contributed by atoms with Gasteiger partial charge in [-0.25, -0.2) is 9.69 Å². The van der Waals surface area contributed by atoms with Crippen molar-refractivity contribution in [3.63, 3.8) is 0 Å². The largest absolute Gasteiger partial charge is 0.508 e. The highest BCUT2D eigenvalue weighted by Crippen LogP contribution is 2.24. The van der Waals surface area contributed by atoms with Crippen LogP contribution >= 0.6 is 0 Å². The molecule has 0 aromatic heterocycles. The smallest absolute Gasteiger partial charge is 0.365 e. The fourth-order valence-electron chi connectivity index (χ4n) is 4.57. The number of hydroxylamine groups is 2. The normalized spacial score (nSPS) is 14.1. The van der Waals surface area contributed by atoms with Gasteiger partial charge in [-0.1, -0.05) is 37.5 Å². The molecule has 1 atom stereocenters. The van der Waals surface area contributed by atoms with Crippen LogP contribution in [0.5, 0.6) is 5.75 Å². The van der Waals surface area contributed by atoms with E-state index in [1.54, 1.807) is 30.3 Å². The number of nitrogens with one attached hydrogen (secondary N) is 1. The van der Waals surface area contributed by atoms with Crippen LogP contribution in [0.1, 0.15) is 68.2 Å². The number of unbranched alkanes of at least 4 members (excludes halogenated alkanes) is 4. The summed E-state index contributed by atoms with van der Waals surface area (Å²) in [6.45, 7) is 3.16. The maximum absolute atomic E-state index is 12.4. The average molecular weight is 572 g/mol. The van der Waals surface area contributed by atoms with Gasteiger partial charge in [0, 0.05) is 32.2 Å². The quantitative estimate of drug-likeness (QED) is 0.156. The monoisotopic (exact) mass is 571 g/mol. The number of hydrogen-bond donors (Lipinski definition) is 4. The van der Waals surface area contributed by atoms with Crippen molar-refractivity contribution in [2.24, 2.45) is 0 Å². The fraction of sp³-hybridized carbons (Fsp3) is 0.500. The van der Waals surface area contributed by atoms with Gasteiger partial charge in [0.2, 0.25) is 0 Å². The summed E-state index contributed by atoms with van der Waals surface area (Å²) in [5.74, 6) is -1.08. The molecular formula is C30H41N3O8. The van der Waals surface area contributed by atoms with Crippen LogP contribution in [-0.4, -0.2) is 71.1 Å². The summed E-state index contributed by atoms with van der Waals surface area (Å²) in [6.07, 6.45) is 6.16. The van der Waals surface area contributed by atoms with Gasteiger partial charge in [-0.15, -0.1) is 5.06 Å². The lowest BCUT2D eigenvalue weighted by atomic mass is 10.1. The first-order chi connectivity index (χ1) is 19.8. The first-order valence-corrected chi connectivity index (χ1v) is 14.1. The Bertz CT molecular complexity index is 1160. The van der Waals surface area contributed by atoms with Crippen molar-refractivity contribution < 1.29 is 39.3 Å². The number of ether oxygens (including phenoxy) is 1. The third-order valence-corrected chi connectivity index (χ3v) is 6.73. The van der Waals surface area contributed by atoms with Crippen LogP contribution < -0.4 is 10.2 Å². The van der Waals surface area contributed by atoms with Crippen molar-refractivity contribution in [3.8, 4) is 5.75 Å². The number of imide groups is 1. The SMILES string of the molecule is CC(=O)ON1CC(=O)N(c2cccc(CCCOCCCCCCCNC[C@H](O)c3ccc(O)c(CO)c3)c2)C1=O. The zero-order valence-electron chi connectivity index (χ0n) is 23.6. The summed E-state index contributed by atoms with van der Waals surface area (Å²) in [6, 6.07) is 11.3. The molecule has 41 heavy (non-hydrogen) atoms. The van der Waals surface area contributed by atoms with Gasteiger partial charge in [-0.05, 0) is 67.6 Å². The molecule has 1 fully saturated rings. The van der Waals surface area contributed by atoms with E-state index in [0.717, 1.165) is 67.0 Å². The van der Waals surface area contributed by atoms with E-state index in [1.165, 1.54) is 13.0 Å². The molecule has 2 aromatic carbocycles. The molecule has 1 saturated heterocycles. The number of aromatic hydroxyl groups is 1. The van der Waals surface area contributed by atoms with Gasteiger partial charge in [-0.2, -0.15) is 0 Å². The summed E-state index contributed by atoms with van der Waals surface area (Å²) in [5, 5.41) is 33.2. The summed E-state index contributed by atoms with van der Waals surface area (Å²) < 4.78 is 5.76. The third kappa shape index (κ3) is 10.1. The highest BCUT2D eigenvalue weighted by molar-refractivity contribution is 6.19. The molecule has 4 N–H and O–H groups in total. The van der Waals surface area contributed by atoms with Gasteiger partial charge in [0.05, 0.1) is 18.4 Å². The summed E-state index contributed by atoms with van der Waals surface area (Å²) >= 11 is 0. The molecule has 3 rings (SSSR count). The van der Waals surface area contributed by atoms with Crippen molar-refractivity contribution in [1.29, 1.82) is 0 Å². The van der Waals surface area contributed by atoms with Crippen LogP contribution in [0.25, 0.3) is 0 Å². The summed E-state index contributed by atoms with van der Waals surface area (Å²) in [5.41, 5.74) is 2.50. The number of nitrogens with zero attached hydrogens (tertiary/aromatic N) is 2. The number of aliphatic hydroxyl groups excluding tert-OH is 2. The van der Waals surface area contributed by atoms with E-state index in [2.05, 4.69) is 5.32 Å². The van der Waals surface area contributed by atoms with Crippen LogP contribution in [0.4, 0.5) is 10.5 Å². The van der Waals surface area contributed by atoms with Crippen LogP contribution in [0, 0.1) is 0 Å². The van der Waals surface area contributed by atoms with E-state index in [0.29, 0.717) is 36.6 Å². The predicted molar refractivity (Wildman–Crippen MR) is 152 cm³/mol. The van der Waals surface area contributed by atoms with E-state index in [4.69, 9.17) is 9.57 Å². The van der Waals surface area contributed by atoms with Crippen molar-refractivity contribution in [2.75, 3.05) is 37.7 Å². The minimum atomic E-state index is -0.694. The minimum absolute atomic E-state index is 0.0252. The molecular weight excluding hydrogens is 530 g/mol. The number of amides is 3. The molecule has 3 amide bonds. The molecule has 0 spiro atoms. The molecule has 0 unspecified atom stereocenters. The number of phenols is 1. The fourth-order valence-corrected chi connectivity index (χ4v) is 4.57. The predicted octanol–water partition coefficient (Wildman–Crippen LogP) is 3.35. The Kier molecular flexibility index (Phi) is 13.0. The molecule has 0 radical (unpaired) electrons. The van der Waals surface area contributed by atoms with Crippen molar-refractivity contribution in [2.45, 2.75) is 64.6 Å². The summed E-state index contributed by atoms with van der Waals surface area (Å²) in [4.78, 5) is 41.7. The molecule has 224 valence electrons. The zero-order chi connectivity index (χ0) is 29.6. The molecule has 0 aliphatic carbocycles. The highest BCUT2D eigenvalue weighted by Gasteiger charge is 2.39. The third-order valence-electron chi connectivity index (χ3n) is 6.73. The summed E-state index contributed by atoms with van der Waals surface area (Å²) in [7, 11) is 0. The van der Waals surface area contributed by atoms with E-state index >= 15 is 0 Å². The second-order valence-electron chi connectivity index (χ2n) is 10.1. The lowest BCUT2D eigenvalue weighted by Crippen LogP contribution is -2.34. The van der Waals surface area contributed by atoms with Gasteiger partial charge in [0.1, 0.15) is 12.3 Å². The Morgan fingerprint density at radius 3 is 2.56 bits per heavy atom. The average Bonchev–Trinajstić information content (AvgIpc) is 3.22. The maximum atomic E-state index is 12.4. The Morgan fingerprint density at radius 1 is 1.02 bits per heavy atom. The van der Waals surface area contributed by atoms with E-state index in [-0.39, 0.29) is 18.9 Å². The van der Waals surface area contributed by atoms with Crippen molar-refractivity contribution >= 4 is 23.6 Å². The first-order valence-electron chi connectivity index (χ1n) is 14.1. The number of hydrogen-bond acceptors (Lipinski definition) is 9. The number of carbonyl (C=O) groups is 3. The molecule has 11 heteroatoms. The van der Waals surface area contributed by atoms with Crippen LogP contribution in [0.15, 0.2) is 42.5 Å². The molecule has 2 aromatic rings. The van der Waals surface area contributed by atoms with Gasteiger partial charge in [-0.3, -0.25) is 9.59 Å². The lowest BCUT2D eigenvalue weighted by Gasteiger charge is -2.16. The molecule has 1 aliphatic heterocycles. The maximum Gasteiger partial charge on any atom is 0.365 e. The standard InChI is InChI=1S/C30H41N3O8/c1-22(35)41-32-20-29(38)33(30(32)39)26-11-7-9-23(17-26)10-8-16-40-15-6-4-2-3-5-14-31-19-28(37)24-12-13-27(36)25(18-24)21-34/h7,9,11-13,17-18,28,31,34,36-37H,2-6,8,10,14-16,19-21H2,1H3/t28-/m0/s1. The van der Waals surface area contributed by atoms with Crippen molar-refractivity contribution in [3.05, 3.63) is 59.2 Å². The van der Waals surface area contributed by atoms with Crippen LogP contribution in [0.3, 0.4) is 0 Å². The van der Waals surface area contributed by atoms with Crippen molar-refractivity contribution in [1.82, 2.24) is 10.4 Å². The molecule has 0 saturated carbocycles. The second-order valence-corrected chi connectivity index (χ2v) is 10.1. The van der Waals surface area contributed by atoms with Gasteiger partial charge in [0.15, 0.2) is 0 Å². The number of anilines is 1. The molecule has 1 heterocycles. The van der Waals surface area contributed by atoms with Crippen LogP contribution in [-0.2, 0) is 32.2 Å². The number of aryl methyl sites for hydroxylation is 1. The van der Waals surface area contributed by atoms with Gasteiger partial charge in [0.25, 0.3) is 5.91 Å². The van der Waals surface area contributed by atoms with Crippen LogP contribution in [0.2, 0.25) is 0 Å². The molecule has 1 aliphatic rings. The van der Waals surface area contributed by atoms with E-state index in [9.17, 15) is 29.7 Å². The Labute approximate surface area is 240 Å². The highest BCUT2D eigenvalue weighted by atomic mass is 16.7. The second kappa shape index (κ2) is 16.7. The zero-order valence-corrected chi connectivity index (χ0v) is 23.6. The Hall–Kier alpha value is -3.51. The van der Waals surface area contributed by atoms with E-state index in [1.807, 2.05) is 6.07 Å². The Morgan fingerprint density at radius 2 is 1.78 bits per heavy atom. The van der Waals surface area contributed by atoms with Gasteiger partial charge >= 0.3 is 12.0 Å². The minimum Gasteiger partial charge on any atom is -0.508 e. The topological polar surface area (TPSA) is 149 Å². The number of urea groups is 1. The van der Waals surface area contributed by atoms with Gasteiger partial charge < -0.3 is 30.2 Å². The Balaban J connectivity index is 1.20. The molecule has 11 nitrogen and oxygen atoms in total. The van der Waals surface area contributed by atoms with E-state index < -0.39 is 24.0 Å². The molecule has 0 bridgehead atoms.